The van der Waals surface area contributed by atoms with Gasteiger partial charge in [-0.05, 0) is 18.2 Å². The highest BCUT2D eigenvalue weighted by Gasteiger charge is 2.29. The number of alkyl halides is 1. The molecule has 1 aromatic rings. The quantitative estimate of drug-likeness (QED) is 0.809. The third-order valence-corrected chi connectivity index (χ3v) is 1.79. The summed E-state index contributed by atoms with van der Waals surface area (Å²) in [6, 6.07) is 2.01. The van der Waals surface area contributed by atoms with Gasteiger partial charge in [-0.15, -0.1) is 0 Å². The lowest BCUT2D eigenvalue weighted by Gasteiger charge is -2.13. The predicted octanol–water partition coefficient (Wildman–Crippen LogP) is 1.42. The molecule has 0 saturated carbocycles. The van der Waals surface area contributed by atoms with Gasteiger partial charge in [-0.2, -0.15) is 0 Å². The second-order valence-corrected chi connectivity index (χ2v) is 2.85. The van der Waals surface area contributed by atoms with E-state index in [0.29, 0.717) is 12.1 Å². The Morgan fingerprint density at radius 3 is 2.47 bits per heavy atom. The van der Waals surface area contributed by atoms with Crippen LogP contribution in [-0.4, -0.2) is 22.4 Å². The first kappa shape index (κ1) is 11.5. The minimum atomic E-state index is -2.69. The van der Waals surface area contributed by atoms with Crippen LogP contribution in [0.1, 0.15) is 11.7 Å². The van der Waals surface area contributed by atoms with Crippen LogP contribution in [0, 0.1) is 11.6 Å². The molecule has 82 valence electrons. The number of carbonyl (C=O) groups is 1. The molecule has 0 heterocycles. The first-order valence-corrected chi connectivity index (χ1v) is 3.93. The van der Waals surface area contributed by atoms with Gasteiger partial charge in [0.15, 0.2) is 0 Å². The monoisotopic (exact) mass is 220 g/mol. The molecule has 0 aliphatic rings. The Hall–Kier alpha value is -1.56. The zero-order valence-corrected chi connectivity index (χ0v) is 7.32. The van der Waals surface area contributed by atoms with Crippen LogP contribution in [0.3, 0.4) is 0 Å². The normalized spacial score (nSPS) is 14.7. The molecule has 0 aliphatic carbocycles. The van der Waals surface area contributed by atoms with Crippen molar-refractivity contribution >= 4 is 5.97 Å². The number of aliphatic hydroxyl groups is 1. The second kappa shape index (κ2) is 4.31. The number of halogens is 3. The molecule has 0 fully saturated rings. The summed E-state index contributed by atoms with van der Waals surface area (Å²) in [7, 11) is 0. The van der Waals surface area contributed by atoms with E-state index in [0.717, 1.165) is 6.07 Å². The molecule has 0 radical (unpaired) electrons. The molecule has 2 N–H and O–H groups in total. The topological polar surface area (TPSA) is 57.5 Å². The third-order valence-electron chi connectivity index (χ3n) is 1.79. The van der Waals surface area contributed by atoms with Gasteiger partial charge in [-0.3, -0.25) is 0 Å². The Balaban J connectivity index is 3.04. The first-order valence-electron chi connectivity index (χ1n) is 3.93. The van der Waals surface area contributed by atoms with E-state index in [1.54, 1.807) is 0 Å². The van der Waals surface area contributed by atoms with Gasteiger partial charge in [-0.25, -0.2) is 18.0 Å². The van der Waals surface area contributed by atoms with Crippen LogP contribution in [0.5, 0.6) is 0 Å². The van der Waals surface area contributed by atoms with E-state index in [2.05, 4.69) is 0 Å². The summed E-state index contributed by atoms with van der Waals surface area (Å²) in [5.74, 6) is -3.89. The predicted molar refractivity (Wildman–Crippen MR) is 43.8 cm³/mol. The number of hydrogen-bond donors (Lipinski definition) is 2. The van der Waals surface area contributed by atoms with Crippen molar-refractivity contribution in [1.82, 2.24) is 0 Å². The maximum atomic E-state index is 13.0. The average Bonchev–Trinajstić information content (AvgIpc) is 2.19. The molecule has 1 rings (SSSR count). The summed E-state index contributed by atoms with van der Waals surface area (Å²) in [5, 5.41) is 17.3. The molecule has 2 unspecified atom stereocenters. The van der Waals surface area contributed by atoms with Gasteiger partial charge in [0.05, 0.1) is 0 Å². The molecule has 0 saturated heterocycles. The van der Waals surface area contributed by atoms with Crippen LogP contribution in [-0.2, 0) is 4.79 Å². The number of carboxylic acids is 1. The average molecular weight is 220 g/mol. The van der Waals surface area contributed by atoms with Crippen molar-refractivity contribution < 1.29 is 28.2 Å². The summed E-state index contributed by atoms with van der Waals surface area (Å²) in [5.41, 5.74) is -0.718. The van der Waals surface area contributed by atoms with Crippen LogP contribution < -0.4 is 0 Å². The van der Waals surface area contributed by atoms with Gasteiger partial charge in [0.2, 0.25) is 6.17 Å². The van der Waals surface area contributed by atoms with E-state index < -0.39 is 35.4 Å². The van der Waals surface area contributed by atoms with Crippen LogP contribution in [0.15, 0.2) is 18.2 Å². The van der Waals surface area contributed by atoms with E-state index in [-0.39, 0.29) is 0 Å². The zero-order chi connectivity index (χ0) is 11.6. The standard InChI is InChI=1S/C9H7F3O3/c10-4-1-2-6(11)5(3-4)8(13)7(12)9(14)15/h1-3,7-8,13H,(H,14,15). The van der Waals surface area contributed by atoms with Crippen LogP contribution in [0.25, 0.3) is 0 Å². The molecule has 2 atom stereocenters. The third kappa shape index (κ3) is 2.47. The van der Waals surface area contributed by atoms with E-state index in [1.807, 2.05) is 0 Å². The van der Waals surface area contributed by atoms with Gasteiger partial charge in [0.25, 0.3) is 0 Å². The lowest BCUT2D eigenvalue weighted by Crippen LogP contribution is -2.24. The fourth-order valence-electron chi connectivity index (χ4n) is 1.03. The Labute approximate surface area is 82.8 Å². The Morgan fingerprint density at radius 1 is 1.33 bits per heavy atom. The van der Waals surface area contributed by atoms with Crippen molar-refractivity contribution in [2.24, 2.45) is 0 Å². The molecule has 15 heavy (non-hydrogen) atoms. The van der Waals surface area contributed by atoms with Crippen molar-refractivity contribution in [2.45, 2.75) is 12.3 Å². The van der Waals surface area contributed by atoms with Crippen LogP contribution in [0.2, 0.25) is 0 Å². The second-order valence-electron chi connectivity index (χ2n) is 2.85. The van der Waals surface area contributed by atoms with E-state index in [4.69, 9.17) is 10.2 Å². The van der Waals surface area contributed by atoms with Crippen molar-refractivity contribution in [3.8, 4) is 0 Å². The van der Waals surface area contributed by atoms with Crippen LogP contribution in [0.4, 0.5) is 13.2 Å². The van der Waals surface area contributed by atoms with Gasteiger partial charge >= 0.3 is 5.97 Å². The fourth-order valence-corrected chi connectivity index (χ4v) is 1.03. The van der Waals surface area contributed by atoms with E-state index in [1.165, 1.54) is 0 Å². The highest BCUT2D eigenvalue weighted by Crippen LogP contribution is 2.23. The molecule has 0 aromatic heterocycles. The van der Waals surface area contributed by atoms with Crippen molar-refractivity contribution in [2.75, 3.05) is 0 Å². The lowest BCUT2D eigenvalue weighted by molar-refractivity contribution is -0.147. The molecular formula is C9H7F3O3. The first-order chi connectivity index (χ1) is 6.93. The summed E-state index contributed by atoms with van der Waals surface area (Å²) in [6.45, 7) is 0. The largest absolute Gasteiger partial charge is 0.479 e. The fraction of sp³-hybridized carbons (Fsp3) is 0.222. The van der Waals surface area contributed by atoms with E-state index in [9.17, 15) is 18.0 Å². The number of aliphatic carboxylic acids is 1. The summed E-state index contributed by atoms with van der Waals surface area (Å²) < 4.78 is 38.4. The minimum Gasteiger partial charge on any atom is -0.479 e. The number of aliphatic hydroxyl groups excluding tert-OH is 1. The Kier molecular flexibility index (Phi) is 3.31. The summed E-state index contributed by atoms with van der Waals surface area (Å²) >= 11 is 0. The Bertz CT molecular complexity index is 381. The molecule has 0 bridgehead atoms. The maximum absolute atomic E-state index is 13.0. The summed E-state index contributed by atoms with van der Waals surface area (Å²) in [6.07, 6.45) is -4.92. The molecule has 1 aromatic carbocycles. The molecular weight excluding hydrogens is 213 g/mol. The number of hydrogen-bond acceptors (Lipinski definition) is 2. The maximum Gasteiger partial charge on any atom is 0.341 e. The van der Waals surface area contributed by atoms with Gasteiger partial charge in [0, 0.05) is 5.56 Å². The zero-order valence-electron chi connectivity index (χ0n) is 7.32. The van der Waals surface area contributed by atoms with Crippen molar-refractivity contribution in [1.29, 1.82) is 0 Å². The molecule has 6 heteroatoms. The highest BCUT2D eigenvalue weighted by molar-refractivity contribution is 5.73. The van der Waals surface area contributed by atoms with Gasteiger partial charge < -0.3 is 10.2 Å². The van der Waals surface area contributed by atoms with Crippen LogP contribution >= 0.6 is 0 Å². The number of carboxylic acid groups (broad SMARTS) is 1. The Morgan fingerprint density at radius 2 is 1.93 bits per heavy atom. The van der Waals surface area contributed by atoms with Crippen molar-refractivity contribution in [3.05, 3.63) is 35.4 Å². The summed E-state index contributed by atoms with van der Waals surface area (Å²) in [4.78, 5) is 10.2. The molecule has 0 amide bonds. The van der Waals surface area contributed by atoms with Gasteiger partial charge in [0.1, 0.15) is 17.7 Å². The molecule has 3 nitrogen and oxygen atoms in total. The minimum absolute atomic E-state index is 0.551. The van der Waals surface area contributed by atoms with Crippen molar-refractivity contribution in [3.63, 3.8) is 0 Å². The van der Waals surface area contributed by atoms with E-state index >= 15 is 0 Å². The van der Waals surface area contributed by atoms with Gasteiger partial charge in [-0.1, -0.05) is 0 Å². The molecule has 0 spiro atoms. The molecule has 0 aliphatic heterocycles. The number of benzene rings is 1. The highest BCUT2D eigenvalue weighted by atomic mass is 19.1. The smallest absolute Gasteiger partial charge is 0.341 e. The SMILES string of the molecule is O=C(O)C(F)C(O)c1cc(F)ccc1F. The number of rotatable bonds is 3. The lowest BCUT2D eigenvalue weighted by atomic mass is 10.0.